The Hall–Kier alpha value is -0.162. The molecule has 2 heteroatoms. The molecule has 0 saturated heterocycles. The predicted octanol–water partition coefficient (Wildman–Crippen LogP) is 2.00. The number of rotatable bonds is 1. The van der Waals surface area contributed by atoms with Crippen molar-refractivity contribution in [1.29, 1.82) is 0 Å². The fourth-order valence-electron chi connectivity index (χ4n) is 0.660. The predicted molar refractivity (Wildman–Crippen MR) is 37.2 cm³/mol. The summed E-state index contributed by atoms with van der Waals surface area (Å²) in [6, 6.07) is 5.79. The summed E-state index contributed by atoms with van der Waals surface area (Å²) in [5.41, 5.74) is 1.11. The van der Waals surface area contributed by atoms with E-state index >= 15 is 0 Å². The van der Waals surface area contributed by atoms with E-state index in [9.17, 15) is 0 Å². The van der Waals surface area contributed by atoms with Gasteiger partial charge in [-0.2, -0.15) is 18.2 Å². The van der Waals surface area contributed by atoms with Gasteiger partial charge in [-0.15, -0.1) is 0 Å². The normalized spacial score (nSPS) is 9.10. The van der Waals surface area contributed by atoms with Crippen LogP contribution in [0.15, 0.2) is 18.2 Å². The maximum absolute atomic E-state index is 4.05. The maximum Gasteiger partial charge on any atom is 0 e. The van der Waals surface area contributed by atoms with Crippen molar-refractivity contribution in [2.45, 2.75) is 19.8 Å². The van der Waals surface area contributed by atoms with Crippen LogP contribution < -0.4 is 0 Å². The van der Waals surface area contributed by atoms with Gasteiger partial charge < -0.3 is 4.98 Å². The fourth-order valence-corrected chi connectivity index (χ4v) is 0.660. The van der Waals surface area contributed by atoms with Crippen LogP contribution in [0.2, 0.25) is 0 Å². The molecule has 1 nitrogen and oxygen atoms in total. The van der Waals surface area contributed by atoms with Crippen LogP contribution in [0.3, 0.4) is 0 Å². The van der Waals surface area contributed by atoms with Crippen LogP contribution in [0.4, 0.5) is 0 Å². The minimum absolute atomic E-state index is 0. The van der Waals surface area contributed by atoms with Crippen molar-refractivity contribution < 1.29 is 21.1 Å². The molecule has 0 amide bonds. The summed E-state index contributed by atoms with van der Waals surface area (Å²) in [5, 5.41) is 0. The van der Waals surface area contributed by atoms with Gasteiger partial charge in [0.2, 0.25) is 0 Å². The molecular formula is C8H10NW-. The molecule has 0 unspecified atom stereocenters. The molecule has 0 atom stereocenters. The molecule has 0 spiro atoms. The average molecular weight is 304 g/mol. The molecule has 1 aromatic heterocycles. The van der Waals surface area contributed by atoms with Crippen molar-refractivity contribution in [3.63, 3.8) is 0 Å². The molecular weight excluding hydrogens is 294 g/mol. The quantitative estimate of drug-likeness (QED) is 0.723. The van der Waals surface area contributed by atoms with Gasteiger partial charge >= 0.3 is 0 Å². The van der Waals surface area contributed by atoms with Crippen LogP contribution in [0.1, 0.15) is 25.5 Å². The van der Waals surface area contributed by atoms with Crippen molar-refractivity contribution in [1.82, 2.24) is 4.98 Å². The second-order valence-electron chi connectivity index (χ2n) is 2.35. The van der Waals surface area contributed by atoms with Gasteiger partial charge in [0.15, 0.2) is 0 Å². The van der Waals surface area contributed by atoms with Crippen LogP contribution in [0.25, 0.3) is 0 Å². The zero-order chi connectivity index (χ0) is 6.69. The molecule has 0 aliphatic rings. The Morgan fingerprint density at radius 3 is 2.50 bits per heavy atom. The fraction of sp³-hybridized carbons (Fsp3) is 0.375. The third kappa shape index (κ3) is 2.62. The average Bonchev–Trinajstić information content (AvgIpc) is 1.90. The summed E-state index contributed by atoms with van der Waals surface area (Å²) < 4.78 is 0. The Morgan fingerprint density at radius 1 is 1.50 bits per heavy atom. The molecule has 54 valence electrons. The second kappa shape index (κ2) is 4.62. The monoisotopic (exact) mass is 304 g/mol. The third-order valence-electron chi connectivity index (χ3n) is 1.22. The number of pyridine rings is 1. The summed E-state index contributed by atoms with van der Waals surface area (Å²) in [6.45, 7) is 4.24. The summed E-state index contributed by atoms with van der Waals surface area (Å²) in [7, 11) is 0. The zero-order valence-corrected chi connectivity index (χ0v) is 9.10. The topological polar surface area (TPSA) is 12.9 Å². The molecule has 0 saturated carbocycles. The first-order valence-corrected chi connectivity index (χ1v) is 3.13. The van der Waals surface area contributed by atoms with Crippen molar-refractivity contribution in [3.8, 4) is 0 Å². The zero-order valence-electron chi connectivity index (χ0n) is 6.16. The van der Waals surface area contributed by atoms with Crippen molar-refractivity contribution in [2.24, 2.45) is 0 Å². The molecule has 0 bridgehead atoms. The van der Waals surface area contributed by atoms with Crippen LogP contribution in [-0.2, 0) is 21.1 Å². The molecule has 0 aliphatic heterocycles. The molecule has 10 heavy (non-hydrogen) atoms. The Balaban J connectivity index is 0.000000810. The largest absolute Gasteiger partial charge is 0.391 e. The minimum Gasteiger partial charge on any atom is -0.391 e. The van der Waals surface area contributed by atoms with Crippen LogP contribution in [0.5, 0.6) is 0 Å². The molecule has 0 aliphatic carbocycles. The Bertz CT molecular complexity index is 172. The molecule has 0 N–H and O–H groups in total. The maximum atomic E-state index is 4.05. The van der Waals surface area contributed by atoms with Gasteiger partial charge in [-0.05, 0) is 0 Å². The summed E-state index contributed by atoms with van der Waals surface area (Å²) in [5.74, 6) is 0.516. The number of nitrogens with zero attached hydrogens (tertiary/aromatic N) is 1. The van der Waals surface area contributed by atoms with Gasteiger partial charge in [0, 0.05) is 21.1 Å². The first-order valence-electron chi connectivity index (χ1n) is 3.13. The van der Waals surface area contributed by atoms with E-state index in [1.807, 2.05) is 18.2 Å². The van der Waals surface area contributed by atoms with E-state index in [0.717, 1.165) is 5.69 Å². The first-order chi connectivity index (χ1) is 4.30. The van der Waals surface area contributed by atoms with E-state index in [-0.39, 0.29) is 21.1 Å². The van der Waals surface area contributed by atoms with Crippen LogP contribution in [-0.4, -0.2) is 4.98 Å². The molecule has 0 radical (unpaired) electrons. The Labute approximate surface area is 76.1 Å². The molecule has 1 rings (SSSR count). The van der Waals surface area contributed by atoms with Gasteiger partial charge in [0.25, 0.3) is 0 Å². The SMILES string of the molecule is CC(C)c1ccc[c-]n1.[W]. The van der Waals surface area contributed by atoms with Gasteiger partial charge in [-0.1, -0.05) is 31.7 Å². The van der Waals surface area contributed by atoms with Gasteiger partial charge in [-0.25, -0.2) is 0 Å². The van der Waals surface area contributed by atoms with E-state index in [4.69, 9.17) is 0 Å². The van der Waals surface area contributed by atoms with Gasteiger partial charge in [0.05, 0.1) is 0 Å². The number of aromatic nitrogens is 1. The van der Waals surface area contributed by atoms with E-state index in [1.165, 1.54) is 0 Å². The first kappa shape index (κ1) is 9.84. The van der Waals surface area contributed by atoms with E-state index in [1.54, 1.807) is 0 Å². The summed E-state index contributed by atoms with van der Waals surface area (Å²) in [6.07, 6.45) is 2.79. The minimum atomic E-state index is 0. The van der Waals surface area contributed by atoms with Crippen molar-refractivity contribution >= 4 is 0 Å². The Kier molecular flexibility index (Phi) is 4.55. The van der Waals surface area contributed by atoms with Crippen LogP contribution in [0, 0.1) is 6.20 Å². The van der Waals surface area contributed by atoms with Crippen LogP contribution >= 0.6 is 0 Å². The number of hydrogen-bond donors (Lipinski definition) is 0. The van der Waals surface area contributed by atoms with Gasteiger partial charge in [-0.3, -0.25) is 0 Å². The van der Waals surface area contributed by atoms with E-state index in [0.29, 0.717) is 5.92 Å². The Morgan fingerprint density at radius 2 is 2.20 bits per heavy atom. The van der Waals surface area contributed by atoms with Crippen molar-refractivity contribution in [3.05, 3.63) is 30.1 Å². The smallest absolute Gasteiger partial charge is 0 e. The summed E-state index contributed by atoms with van der Waals surface area (Å²) >= 11 is 0. The molecule has 1 aromatic rings. The molecule has 1 heterocycles. The second-order valence-corrected chi connectivity index (χ2v) is 2.35. The van der Waals surface area contributed by atoms with Crippen molar-refractivity contribution in [2.75, 3.05) is 0 Å². The molecule has 0 fully saturated rings. The molecule has 0 aromatic carbocycles. The standard InChI is InChI=1S/C8H10N.W/c1-7(2)8-5-3-4-6-9-8;/h3-5,7H,1-2H3;/q-1;. The third-order valence-corrected chi connectivity index (χ3v) is 1.22. The van der Waals surface area contributed by atoms with Gasteiger partial charge in [0.1, 0.15) is 0 Å². The van der Waals surface area contributed by atoms with E-state index in [2.05, 4.69) is 25.0 Å². The number of hydrogen-bond acceptors (Lipinski definition) is 1. The van der Waals surface area contributed by atoms with E-state index < -0.39 is 0 Å². The summed E-state index contributed by atoms with van der Waals surface area (Å²) in [4.78, 5) is 4.05.